The molecule has 0 fully saturated rings. The van der Waals surface area contributed by atoms with Crippen molar-refractivity contribution in [2.45, 2.75) is 33.2 Å². The van der Waals surface area contributed by atoms with Crippen molar-refractivity contribution in [1.29, 1.82) is 0 Å². The summed E-state index contributed by atoms with van der Waals surface area (Å²) in [7, 11) is 1.57. The van der Waals surface area contributed by atoms with Gasteiger partial charge in [0.25, 0.3) is 5.91 Å². The smallest absolute Gasteiger partial charge is 0.332 e. The molecule has 120 valence electrons. The van der Waals surface area contributed by atoms with Crippen LogP contribution in [0.2, 0.25) is 0 Å². The number of oxime groups is 1. The van der Waals surface area contributed by atoms with E-state index in [4.69, 9.17) is 9.57 Å². The zero-order valence-corrected chi connectivity index (χ0v) is 13.8. The van der Waals surface area contributed by atoms with Gasteiger partial charge in [-0.2, -0.15) is 0 Å². The number of anilines is 1. The van der Waals surface area contributed by atoms with Crippen LogP contribution in [-0.2, 0) is 14.4 Å². The Morgan fingerprint density at radius 2 is 1.91 bits per heavy atom. The Kier molecular flexibility index (Phi) is 3.28. The average molecular weight is 314 g/mol. The Labute approximate surface area is 134 Å². The Balaban J connectivity index is 2.29. The fourth-order valence-corrected chi connectivity index (χ4v) is 3.19. The van der Waals surface area contributed by atoms with E-state index in [1.54, 1.807) is 18.1 Å². The average Bonchev–Trinajstić information content (AvgIpc) is 2.74. The Morgan fingerprint density at radius 3 is 2.52 bits per heavy atom. The van der Waals surface area contributed by atoms with E-state index in [-0.39, 0.29) is 11.6 Å². The minimum absolute atomic E-state index is 0.117. The number of carbonyl (C=O) groups is 2. The van der Waals surface area contributed by atoms with Crippen molar-refractivity contribution < 1.29 is 19.2 Å². The molecule has 0 radical (unpaired) electrons. The predicted molar refractivity (Wildman–Crippen MR) is 86.5 cm³/mol. The van der Waals surface area contributed by atoms with Crippen molar-refractivity contribution in [2.24, 2.45) is 5.16 Å². The lowest BCUT2D eigenvalue weighted by Gasteiger charge is -2.38. The molecule has 3 rings (SSSR count). The summed E-state index contributed by atoms with van der Waals surface area (Å²) in [5.74, 6) is -0.238. The molecule has 2 aliphatic rings. The van der Waals surface area contributed by atoms with Gasteiger partial charge in [-0.05, 0) is 38.5 Å². The predicted octanol–water partition coefficient (Wildman–Crippen LogP) is 2.50. The summed E-state index contributed by atoms with van der Waals surface area (Å²) in [6.45, 7) is 7.16. The summed E-state index contributed by atoms with van der Waals surface area (Å²) in [4.78, 5) is 30.3. The summed E-state index contributed by atoms with van der Waals surface area (Å²) in [6.07, 6.45) is 2.03. The van der Waals surface area contributed by atoms with Gasteiger partial charge in [0.15, 0.2) is 5.71 Å². The number of methoxy groups -OCH3 is 1. The van der Waals surface area contributed by atoms with Crippen LogP contribution in [0, 0.1) is 0 Å². The normalized spacial score (nSPS) is 19.5. The van der Waals surface area contributed by atoms with Crippen molar-refractivity contribution >= 4 is 28.8 Å². The van der Waals surface area contributed by atoms with Crippen LogP contribution in [0.25, 0.3) is 5.57 Å². The number of ether oxygens (including phenoxy) is 1. The number of nitrogens with zero attached hydrogens (tertiary/aromatic N) is 2. The van der Waals surface area contributed by atoms with E-state index in [1.165, 1.54) is 6.92 Å². The SMILES string of the molecule is COc1cc2c3c(c1)/C(=N\OC(C)=O)C(=O)N3C(C)(C)C=C2C. The molecule has 1 amide bonds. The molecule has 0 bridgehead atoms. The lowest BCUT2D eigenvalue weighted by atomic mass is 9.89. The highest BCUT2D eigenvalue weighted by Gasteiger charge is 2.46. The van der Waals surface area contributed by atoms with Crippen LogP contribution >= 0.6 is 0 Å². The fraction of sp³-hybridized carbons (Fsp3) is 0.353. The van der Waals surface area contributed by atoms with Gasteiger partial charge >= 0.3 is 5.97 Å². The number of hydrogen-bond donors (Lipinski definition) is 0. The van der Waals surface area contributed by atoms with Gasteiger partial charge in [-0.3, -0.25) is 9.69 Å². The number of hydrogen-bond acceptors (Lipinski definition) is 5. The second kappa shape index (κ2) is 4.94. The molecule has 1 aromatic rings. The number of carbonyl (C=O) groups excluding carboxylic acids is 2. The van der Waals surface area contributed by atoms with Crippen LogP contribution in [0.1, 0.15) is 38.8 Å². The van der Waals surface area contributed by atoms with Gasteiger partial charge in [-0.15, -0.1) is 0 Å². The van der Waals surface area contributed by atoms with Crippen molar-refractivity contribution in [3.05, 3.63) is 29.3 Å². The lowest BCUT2D eigenvalue weighted by Crippen LogP contribution is -2.47. The number of allylic oxidation sites excluding steroid dienone is 1. The van der Waals surface area contributed by atoms with Crippen LogP contribution in [0.5, 0.6) is 5.75 Å². The first kappa shape index (κ1) is 15.3. The van der Waals surface area contributed by atoms with Gasteiger partial charge in [-0.1, -0.05) is 11.2 Å². The quantitative estimate of drug-likeness (QED) is 0.621. The van der Waals surface area contributed by atoms with E-state index in [0.29, 0.717) is 11.3 Å². The monoisotopic (exact) mass is 314 g/mol. The molecular weight excluding hydrogens is 296 g/mol. The Bertz CT molecular complexity index is 790. The molecule has 0 aliphatic carbocycles. The maximum atomic E-state index is 12.8. The minimum atomic E-state index is -0.572. The van der Waals surface area contributed by atoms with Crippen LogP contribution in [0.15, 0.2) is 23.4 Å². The zero-order chi connectivity index (χ0) is 16.9. The second-order valence-corrected chi connectivity index (χ2v) is 6.22. The molecule has 6 heteroatoms. The van der Waals surface area contributed by atoms with Crippen molar-refractivity contribution in [1.82, 2.24) is 0 Å². The third-order valence-corrected chi connectivity index (χ3v) is 4.04. The van der Waals surface area contributed by atoms with Gasteiger partial charge in [0.2, 0.25) is 0 Å². The highest BCUT2D eigenvalue weighted by atomic mass is 16.7. The van der Waals surface area contributed by atoms with Crippen molar-refractivity contribution in [3.63, 3.8) is 0 Å². The van der Waals surface area contributed by atoms with E-state index < -0.39 is 11.5 Å². The van der Waals surface area contributed by atoms with E-state index >= 15 is 0 Å². The molecule has 2 aliphatic heterocycles. The molecule has 0 saturated heterocycles. The van der Waals surface area contributed by atoms with Gasteiger partial charge in [0.1, 0.15) is 5.75 Å². The van der Waals surface area contributed by atoms with Crippen LogP contribution in [0.3, 0.4) is 0 Å². The Morgan fingerprint density at radius 1 is 1.26 bits per heavy atom. The molecule has 0 N–H and O–H groups in total. The summed E-state index contributed by atoms with van der Waals surface area (Å²) in [5.41, 5.74) is 3.00. The molecular formula is C17H18N2O4. The van der Waals surface area contributed by atoms with Crippen molar-refractivity contribution in [2.75, 3.05) is 12.0 Å². The van der Waals surface area contributed by atoms with E-state index in [2.05, 4.69) is 5.16 Å². The number of rotatable bonds is 2. The van der Waals surface area contributed by atoms with Crippen LogP contribution in [0.4, 0.5) is 5.69 Å². The first-order chi connectivity index (χ1) is 10.8. The number of benzene rings is 1. The first-order valence-electron chi connectivity index (χ1n) is 7.28. The highest BCUT2D eigenvalue weighted by Crippen LogP contribution is 2.47. The minimum Gasteiger partial charge on any atom is -0.497 e. The van der Waals surface area contributed by atoms with Crippen LogP contribution < -0.4 is 9.64 Å². The van der Waals surface area contributed by atoms with Gasteiger partial charge in [0, 0.05) is 18.1 Å². The molecule has 0 saturated carbocycles. The standard InChI is InChI=1S/C17H18N2O4/c1-9-8-17(3,4)19-15-12(9)6-11(22-5)7-13(15)14(16(19)21)18-23-10(2)20/h6-8H,1-5H3/b18-14+. The molecule has 2 heterocycles. The third-order valence-electron chi connectivity index (χ3n) is 4.04. The zero-order valence-electron chi connectivity index (χ0n) is 13.8. The Hall–Kier alpha value is -2.63. The van der Waals surface area contributed by atoms with Gasteiger partial charge in [0.05, 0.1) is 18.3 Å². The van der Waals surface area contributed by atoms with Crippen LogP contribution in [-0.4, -0.2) is 30.2 Å². The van der Waals surface area contributed by atoms with Gasteiger partial charge in [-0.25, -0.2) is 4.79 Å². The molecule has 6 nitrogen and oxygen atoms in total. The maximum Gasteiger partial charge on any atom is 0.332 e. The highest BCUT2D eigenvalue weighted by molar-refractivity contribution is 6.55. The molecule has 0 unspecified atom stereocenters. The van der Waals surface area contributed by atoms with Crippen molar-refractivity contribution in [3.8, 4) is 5.75 Å². The molecule has 0 spiro atoms. The van der Waals surface area contributed by atoms with E-state index in [0.717, 1.165) is 16.8 Å². The largest absolute Gasteiger partial charge is 0.497 e. The summed E-state index contributed by atoms with van der Waals surface area (Å²) in [6, 6.07) is 3.64. The van der Waals surface area contributed by atoms with E-state index in [9.17, 15) is 9.59 Å². The van der Waals surface area contributed by atoms with E-state index in [1.807, 2.05) is 32.9 Å². The molecule has 1 aromatic carbocycles. The molecule has 23 heavy (non-hydrogen) atoms. The molecule has 0 atom stereocenters. The third kappa shape index (κ3) is 2.21. The lowest BCUT2D eigenvalue weighted by molar-refractivity contribution is -0.140. The summed E-state index contributed by atoms with van der Waals surface area (Å²) >= 11 is 0. The first-order valence-corrected chi connectivity index (χ1v) is 7.28. The summed E-state index contributed by atoms with van der Waals surface area (Å²) < 4.78 is 5.33. The maximum absolute atomic E-state index is 12.8. The summed E-state index contributed by atoms with van der Waals surface area (Å²) in [5, 5.41) is 3.78. The van der Waals surface area contributed by atoms with Gasteiger partial charge < -0.3 is 9.57 Å². The number of amides is 1. The second-order valence-electron chi connectivity index (χ2n) is 6.22. The molecule has 0 aromatic heterocycles. The fourth-order valence-electron chi connectivity index (χ4n) is 3.19. The topological polar surface area (TPSA) is 68.2 Å².